The highest BCUT2D eigenvalue weighted by atomic mass is 79.9. The summed E-state index contributed by atoms with van der Waals surface area (Å²) in [5.74, 6) is 1.18. The van der Waals surface area contributed by atoms with Gasteiger partial charge in [-0.25, -0.2) is 32.7 Å². The molecule has 2 atom stereocenters. The van der Waals surface area contributed by atoms with Crippen molar-refractivity contribution in [3.63, 3.8) is 0 Å². The minimum absolute atomic E-state index is 0.140. The van der Waals surface area contributed by atoms with Gasteiger partial charge in [-0.05, 0) is 53.2 Å². The van der Waals surface area contributed by atoms with Crippen LogP contribution >= 0.6 is 26.0 Å². The number of hydrogen-bond acceptors (Lipinski definition) is 4. The Bertz CT molecular complexity index is 827. The Morgan fingerprint density at radius 3 is 2.17 bits per heavy atom. The van der Waals surface area contributed by atoms with Crippen molar-refractivity contribution < 1.29 is 21.8 Å². The lowest BCUT2D eigenvalue weighted by Crippen LogP contribution is -2.45. The zero-order valence-corrected chi connectivity index (χ0v) is 20.4. The molecule has 1 heterocycles. The van der Waals surface area contributed by atoms with E-state index in [1.54, 1.807) is 6.07 Å². The van der Waals surface area contributed by atoms with E-state index in [9.17, 15) is 17.4 Å². The lowest BCUT2D eigenvalue weighted by Gasteiger charge is -2.39. The number of halogens is 5. The Hall–Kier alpha value is -0.430. The van der Waals surface area contributed by atoms with Crippen LogP contribution in [0.15, 0.2) is 19.9 Å². The lowest BCUT2D eigenvalue weighted by atomic mass is 10.0. The van der Waals surface area contributed by atoms with Crippen LogP contribution in [0.5, 0.6) is 0 Å². The molecule has 0 aliphatic rings. The molecule has 3 N–H and O–H groups in total. The number of nitrogens with one attached hydrogen (secondary N) is 1. The molecule has 29 heavy (non-hydrogen) atoms. The summed E-state index contributed by atoms with van der Waals surface area (Å²) < 4.78 is 72.0. The van der Waals surface area contributed by atoms with Gasteiger partial charge in [-0.1, -0.05) is 20.8 Å². The molecule has 1 aromatic heterocycles. The molecule has 1 unspecified atom stereocenters. The van der Waals surface area contributed by atoms with Gasteiger partial charge in [0.25, 0.3) is 0 Å². The van der Waals surface area contributed by atoms with Crippen molar-refractivity contribution in [1.29, 1.82) is 0 Å². The van der Waals surface area contributed by atoms with Crippen molar-refractivity contribution in [3.8, 4) is 0 Å². The Morgan fingerprint density at radius 1 is 1.24 bits per heavy atom. The van der Waals surface area contributed by atoms with Gasteiger partial charge in [0.05, 0.1) is 17.0 Å². The molecule has 0 amide bonds. The second kappa shape index (κ2) is 9.80. The molecule has 1 rings (SSSR count). The van der Waals surface area contributed by atoms with Crippen LogP contribution in [0.1, 0.15) is 33.4 Å². The number of nitrogens with two attached hydrogens (primary N) is 1. The number of aromatic nitrogens is 1. The summed E-state index contributed by atoms with van der Waals surface area (Å²) in [6, 6.07) is 1.64. The number of pyridine rings is 1. The molecule has 0 aliphatic heterocycles. The number of nitrogens with zero attached hydrogens (tertiary/aromatic N) is 2. The normalized spacial score (nSPS) is 17.5. The zero-order valence-electron chi connectivity index (χ0n) is 17.2. The van der Waals surface area contributed by atoms with Crippen LogP contribution in [0.4, 0.5) is 17.6 Å². The molecule has 1 aromatic rings. The van der Waals surface area contributed by atoms with Crippen LogP contribution in [0, 0.1) is 5.82 Å². The summed E-state index contributed by atoms with van der Waals surface area (Å²) in [6.45, 7) is 5.82. The highest BCUT2D eigenvalue weighted by molar-refractivity contribution is 9.10. The third-order valence-corrected chi connectivity index (χ3v) is 12.0. The van der Waals surface area contributed by atoms with E-state index in [0.717, 1.165) is 17.3 Å². The summed E-state index contributed by atoms with van der Waals surface area (Å²) in [5, 5.41) is 0. The van der Waals surface area contributed by atoms with Crippen LogP contribution in [-0.2, 0) is 15.5 Å². The largest absolute Gasteiger partial charge is 0.408 e. The zero-order chi connectivity index (χ0) is 22.7. The van der Waals surface area contributed by atoms with Crippen LogP contribution in [0.25, 0.3) is 0 Å². The van der Waals surface area contributed by atoms with Gasteiger partial charge in [0.2, 0.25) is 0 Å². The van der Waals surface area contributed by atoms with Gasteiger partial charge in [-0.2, -0.15) is 13.2 Å². The standard InChI is InChI=1S/C17H29BrF4N4OS2/c1-6-28(7-2,8-3)12-9-13(18)26-15(14(12)19)16(4,23)11-29(27,24-5)25-10-17(20,21)22/h9H,6-8,10-11,23H2,1-5H3,(H,24,25,27)/t16-,29?/m0/s1. The monoisotopic (exact) mass is 524 g/mol. The van der Waals surface area contributed by atoms with Gasteiger partial charge in [-0.15, -0.1) is 0 Å². The third-order valence-electron chi connectivity index (χ3n) is 4.83. The molecule has 0 radical (unpaired) electrons. The Labute approximate surface area is 180 Å². The van der Waals surface area contributed by atoms with Crippen molar-refractivity contribution in [2.24, 2.45) is 10.1 Å². The molecule has 170 valence electrons. The van der Waals surface area contributed by atoms with E-state index in [0.29, 0.717) is 9.50 Å². The molecule has 0 spiro atoms. The molecular formula is C17H29BrF4N4OS2. The Kier molecular flexibility index (Phi) is 8.99. The van der Waals surface area contributed by atoms with Crippen LogP contribution in [0.2, 0.25) is 0 Å². The van der Waals surface area contributed by atoms with Crippen molar-refractivity contribution in [1.82, 2.24) is 9.71 Å². The van der Waals surface area contributed by atoms with Gasteiger partial charge in [0.15, 0.2) is 5.82 Å². The van der Waals surface area contributed by atoms with Gasteiger partial charge in [0, 0.05) is 4.90 Å². The fourth-order valence-corrected chi connectivity index (χ4v) is 8.31. The van der Waals surface area contributed by atoms with Gasteiger partial charge in [0.1, 0.15) is 21.1 Å². The molecule has 12 heteroatoms. The first-order valence-electron chi connectivity index (χ1n) is 9.06. The Morgan fingerprint density at radius 2 is 1.76 bits per heavy atom. The molecular weight excluding hydrogens is 496 g/mol. The minimum atomic E-state index is -4.61. The lowest BCUT2D eigenvalue weighted by molar-refractivity contribution is -0.117. The highest BCUT2D eigenvalue weighted by Gasteiger charge is 2.36. The van der Waals surface area contributed by atoms with Crippen molar-refractivity contribution in [2.75, 3.05) is 36.6 Å². The van der Waals surface area contributed by atoms with Crippen LogP contribution in [0.3, 0.4) is 0 Å². The highest BCUT2D eigenvalue weighted by Crippen LogP contribution is 2.56. The average molecular weight is 525 g/mol. The molecule has 0 saturated carbocycles. The van der Waals surface area contributed by atoms with E-state index in [4.69, 9.17) is 5.73 Å². The predicted molar refractivity (Wildman–Crippen MR) is 116 cm³/mol. The maximum absolute atomic E-state index is 15.6. The topological polar surface area (TPSA) is 80.4 Å². The maximum atomic E-state index is 15.6. The van der Waals surface area contributed by atoms with Gasteiger partial charge >= 0.3 is 6.18 Å². The second-order valence-electron chi connectivity index (χ2n) is 6.83. The smallest absolute Gasteiger partial charge is 0.319 e. The van der Waals surface area contributed by atoms with Gasteiger partial charge < -0.3 is 5.73 Å². The van der Waals surface area contributed by atoms with E-state index in [-0.39, 0.29) is 5.69 Å². The number of rotatable bonds is 9. The van der Waals surface area contributed by atoms with E-state index in [1.807, 2.05) is 20.8 Å². The average Bonchev–Trinajstić information content (AvgIpc) is 2.63. The van der Waals surface area contributed by atoms with E-state index < -0.39 is 49.8 Å². The summed E-state index contributed by atoms with van der Waals surface area (Å²) >= 11 is 3.29. The van der Waals surface area contributed by atoms with Crippen LogP contribution < -0.4 is 10.5 Å². The molecule has 5 nitrogen and oxygen atoms in total. The molecule has 0 aliphatic carbocycles. The quantitative estimate of drug-likeness (QED) is 0.367. The maximum Gasteiger partial charge on any atom is 0.408 e. The molecule has 0 saturated heterocycles. The van der Waals surface area contributed by atoms with Crippen molar-refractivity contribution in [3.05, 3.63) is 22.2 Å². The second-order valence-corrected chi connectivity index (χ2v) is 14.1. The molecule has 0 fully saturated rings. The van der Waals surface area contributed by atoms with Gasteiger partial charge in [-0.3, -0.25) is 0 Å². The molecule has 0 aromatic carbocycles. The summed E-state index contributed by atoms with van der Waals surface area (Å²) in [7, 11) is -3.78. The SMILES string of the molecule is CCS(CC)(CC)c1cc(Br)nc([C@@](C)(N)CS(=O)(=NCC(F)(F)F)NC)c1F. The van der Waals surface area contributed by atoms with E-state index in [1.165, 1.54) is 14.0 Å². The van der Waals surface area contributed by atoms with Crippen LogP contribution in [-0.4, -0.2) is 52.0 Å². The first kappa shape index (κ1) is 26.6. The van der Waals surface area contributed by atoms with E-state index in [2.05, 4.69) is 30.0 Å². The first-order valence-corrected chi connectivity index (χ1v) is 13.7. The Balaban J connectivity index is 3.55. The summed E-state index contributed by atoms with van der Waals surface area (Å²) in [6.07, 6.45) is -4.61. The number of alkyl halides is 3. The first-order chi connectivity index (χ1) is 13.2. The van der Waals surface area contributed by atoms with Crippen molar-refractivity contribution >= 4 is 35.9 Å². The fraction of sp³-hybridized carbons (Fsp3) is 0.706. The fourth-order valence-electron chi connectivity index (χ4n) is 3.08. The summed E-state index contributed by atoms with van der Waals surface area (Å²) in [4.78, 5) is 4.68. The third kappa shape index (κ3) is 6.52. The molecule has 0 bridgehead atoms. The minimum Gasteiger partial charge on any atom is -0.319 e. The van der Waals surface area contributed by atoms with E-state index >= 15 is 4.39 Å². The predicted octanol–water partition coefficient (Wildman–Crippen LogP) is 4.55. The number of hydrogen-bond donors (Lipinski definition) is 2. The van der Waals surface area contributed by atoms with Crippen molar-refractivity contribution in [2.45, 2.75) is 44.3 Å². The summed E-state index contributed by atoms with van der Waals surface area (Å²) in [5.41, 5.74) is 4.52.